The van der Waals surface area contributed by atoms with E-state index in [1.165, 1.54) is 0 Å². The molecule has 0 spiro atoms. The fourth-order valence-corrected chi connectivity index (χ4v) is 4.67. The highest BCUT2D eigenvalue weighted by Crippen LogP contribution is 2.46. The second-order valence-electron chi connectivity index (χ2n) is 10.5. The van der Waals surface area contributed by atoms with Gasteiger partial charge in [-0.05, 0) is 50.0 Å². The van der Waals surface area contributed by atoms with E-state index in [-0.39, 0.29) is 17.9 Å². The number of hydrogen-bond donors (Lipinski definition) is 0. The second-order valence-corrected chi connectivity index (χ2v) is 10.5. The Kier molecular flexibility index (Phi) is 10.3. The summed E-state index contributed by atoms with van der Waals surface area (Å²) in [4.78, 5) is 3.62. The summed E-state index contributed by atoms with van der Waals surface area (Å²) >= 11 is 0. The summed E-state index contributed by atoms with van der Waals surface area (Å²) < 4.78 is 156. The molecule has 3 rings (SSSR count). The van der Waals surface area contributed by atoms with Crippen LogP contribution in [0.1, 0.15) is 25.7 Å². The molecule has 0 radical (unpaired) electrons. The van der Waals surface area contributed by atoms with Gasteiger partial charge in [-0.25, -0.2) is 0 Å². The molecule has 1 heterocycles. The Morgan fingerprint density at radius 3 is 2.07 bits per heavy atom. The molecule has 0 fully saturated rings. The van der Waals surface area contributed by atoms with Crippen LogP contribution in [-0.4, -0.2) is 80.7 Å². The zero-order chi connectivity index (χ0) is 32.4. The van der Waals surface area contributed by atoms with Crippen LogP contribution in [0.5, 0.6) is 0 Å². The van der Waals surface area contributed by atoms with E-state index >= 15 is 0 Å². The number of allylic oxidation sites excluding steroid dienone is 7. The zero-order valence-electron chi connectivity index (χ0n) is 23.2. The molecule has 0 aromatic rings. The highest BCUT2D eigenvalue weighted by molar-refractivity contribution is 5.35. The summed E-state index contributed by atoms with van der Waals surface area (Å²) in [5.41, 5.74) is 2.26. The van der Waals surface area contributed by atoms with Gasteiger partial charge >= 0.3 is 24.5 Å². The van der Waals surface area contributed by atoms with Gasteiger partial charge in [-0.3, -0.25) is 0 Å². The maximum absolute atomic E-state index is 13.7. The van der Waals surface area contributed by atoms with E-state index in [2.05, 4.69) is 5.73 Å². The third-order valence-electron chi connectivity index (χ3n) is 6.84. The van der Waals surface area contributed by atoms with Gasteiger partial charge in [0.05, 0.1) is 11.3 Å². The second kappa shape index (κ2) is 12.8. The van der Waals surface area contributed by atoms with Gasteiger partial charge in [-0.15, -0.1) is 0 Å². The molecule has 2 unspecified atom stereocenters. The maximum Gasteiger partial charge on any atom is 0.458 e. The summed E-state index contributed by atoms with van der Waals surface area (Å²) in [6, 6.07) is 0. The van der Waals surface area contributed by atoms with Crippen molar-refractivity contribution in [2.24, 2.45) is 5.92 Å². The minimum Gasteiger partial charge on any atom is -0.490 e. The molecule has 0 N–H and O–H groups in total. The van der Waals surface area contributed by atoms with Crippen LogP contribution in [0.15, 0.2) is 70.2 Å². The van der Waals surface area contributed by atoms with Crippen molar-refractivity contribution in [3.05, 3.63) is 70.2 Å². The lowest BCUT2D eigenvalue weighted by Crippen LogP contribution is -2.38. The van der Waals surface area contributed by atoms with Gasteiger partial charge in [0.2, 0.25) is 0 Å². The standard InChI is InChI=1S/C28H29F11N2O2/c1-40(2)14-12-22(43-20-10-6-18(7-11-20)25(29,30)28(37,38)39)21-16-41(3)15-13-23(21)42-19-8-4-17(5-9-19)24(26(31,32)33)27(34,35)36/h4,6,8,10,16,22-24H,5,9,12-15H2,1-3H3. The van der Waals surface area contributed by atoms with Gasteiger partial charge in [0.25, 0.3) is 0 Å². The van der Waals surface area contributed by atoms with Crippen molar-refractivity contribution in [3.63, 3.8) is 0 Å². The molecule has 15 heteroatoms. The number of halogens is 11. The lowest BCUT2D eigenvalue weighted by Gasteiger charge is -2.36. The molecule has 0 saturated heterocycles. The predicted molar refractivity (Wildman–Crippen MR) is 133 cm³/mol. The quantitative estimate of drug-likeness (QED) is 0.183. The van der Waals surface area contributed by atoms with Gasteiger partial charge in [0.15, 0.2) is 11.7 Å². The minimum atomic E-state index is -5.83. The van der Waals surface area contributed by atoms with Crippen LogP contribution >= 0.6 is 0 Å². The van der Waals surface area contributed by atoms with E-state index < -0.39 is 60.1 Å². The molecule has 2 atom stereocenters. The Morgan fingerprint density at radius 1 is 0.930 bits per heavy atom. The molecule has 0 aromatic carbocycles. The fourth-order valence-electron chi connectivity index (χ4n) is 4.67. The third kappa shape index (κ3) is 8.70. The maximum atomic E-state index is 13.7. The lowest BCUT2D eigenvalue weighted by molar-refractivity contribution is -0.272. The zero-order valence-corrected chi connectivity index (χ0v) is 23.2. The smallest absolute Gasteiger partial charge is 0.458 e. The lowest BCUT2D eigenvalue weighted by atomic mass is 9.90. The number of rotatable bonds is 10. The first-order valence-electron chi connectivity index (χ1n) is 13.0. The van der Waals surface area contributed by atoms with E-state index in [0.29, 0.717) is 37.6 Å². The summed E-state index contributed by atoms with van der Waals surface area (Å²) in [5, 5.41) is 0. The average Bonchev–Trinajstić information content (AvgIpc) is 2.86. The summed E-state index contributed by atoms with van der Waals surface area (Å²) in [5.74, 6) is -8.75. The number of alkyl halides is 11. The van der Waals surface area contributed by atoms with E-state index in [4.69, 9.17) is 9.47 Å². The highest BCUT2D eigenvalue weighted by atomic mass is 19.4. The SMILES string of the molecule is CN(C)CCC(OC1=C=C=C(C(F)(F)C(F)(F)F)C=C1)C1=CN(C)CCC1OC1=CC=C(C(C(F)(F)F)C(F)(F)F)CC1. The Labute approximate surface area is 240 Å². The Balaban J connectivity index is 1.89. The van der Waals surface area contributed by atoms with Gasteiger partial charge in [0.1, 0.15) is 12.2 Å². The Morgan fingerprint density at radius 2 is 1.58 bits per heavy atom. The van der Waals surface area contributed by atoms with Crippen LogP contribution in [0.25, 0.3) is 0 Å². The molecule has 4 nitrogen and oxygen atoms in total. The minimum absolute atomic E-state index is 0.164. The van der Waals surface area contributed by atoms with Crippen molar-refractivity contribution in [2.75, 3.05) is 34.2 Å². The normalized spacial score (nSPS) is 20.9. The molecule has 0 aromatic heterocycles. The average molecular weight is 635 g/mol. The van der Waals surface area contributed by atoms with Gasteiger partial charge < -0.3 is 19.3 Å². The molecule has 2 aliphatic carbocycles. The monoisotopic (exact) mass is 634 g/mol. The molecule has 0 saturated carbocycles. The van der Waals surface area contributed by atoms with Gasteiger partial charge in [0, 0.05) is 51.2 Å². The van der Waals surface area contributed by atoms with E-state index in [9.17, 15) is 48.3 Å². The molecule has 3 aliphatic rings. The number of nitrogens with zero attached hydrogens (tertiary/aromatic N) is 2. The van der Waals surface area contributed by atoms with Crippen molar-refractivity contribution in [3.8, 4) is 0 Å². The molecule has 43 heavy (non-hydrogen) atoms. The van der Waals surface area contributed by atoms with Crippen LogP contribution in [0, 0.1) is 5.92 Å². The molecule has 240 valence electrons. The Bertz CT molecular complexity index is 1240. The van der Waals surface area contributed by atoms with Crippen LogP contribution in [0.3, 0.4) is 0 Å². The first-order valence-corrected chi connectivity index (χ1v) is 13.0. The highest BCUT2D eigenvalue weighted by Gasteiger charge is 2.60. The Hall–Kier alpha value is -3.15. The molecular formula is C28H29F11N2O2. The predicted octanol–water partition coefficient (Wildman–Crippen LogP) is 7.60. The molecule has 1 aliphatic heterocycles. The third-order valence-corrected chi connectivity index (χ3v) is 6.84. The molecule has 0 bridgehead atoms. The van der Waals surface area contributed by atoms with Crippen molar-refractivity contribution < 1.29 is 57.8 Å². The molecular weight excluding hydrogens is 605 g/mol. The van der Waals surface area contributed by atoms with Crippen molar-refractivity contribution in [2.45, 2.75) is 62.3 Å². The first kappa shape index (κ1) is 34.3. The van der Waals surface area contributed by atoms with Gasteiger partial charge in [-0.1, -0.05) is 11.8 Å². The largest absolute Gasteiger partial charge is 0.490 e. The van der Waals surface area contributed by atoms with E-state index in [0.717, 1.165) is 18.2 Å². The van der Waals surface area contributed by atoms with E-state index in [1.807, 2.05) is 10.6 Å². The van der Waals surface area contributed by atoms with Crippen molar-refractivity contribution in [1.29, 1.82) is 0 Å². The van der Waals surface area contributed by atoms with Gasteiger partial charge in [-0.2, -0.15) is 48.3 Å². The van der Waals surface area contributed by atoms with Crippen LogP contribution < -0.4 is 0 Å². The topological polar surface area (TPSA) is 24.9 Å². The van der Waals surface area contributed by atoms with Crippen LogP contribution in [0.4, 0.5) is 48.3 Å². The van der Waals surface area contributed by atoms with Crippen molar-refractivity contribution in [1.82, 2.24) is 9.80 Å². The molecule has 0 amide bonds. The summed E-state index contributed by atoms with van der Waals surface area (Å²) in [6.45, 7) is 0.922. The first-order chi connectivity index (χ1) is 19.7. The van der Waals surface area contributed by atoms with E-state index in [1.54, 1.807) is 32.2 Å². The fraction of sp³-hybridized carbons (Fsp3) is 0.571. The number of hydrogen-bond acceptors (Lipinski definition) is 4. The summed E-state index contributed by atoms with van der Waals surface area (Å²) in [6.07, 6.45) is -13.5. The number of ether oxygens (including phenoxy) is 2. The summed E-state index contributed by atoms with van der Waals surface area (Å²) in [7, 11) is 5.29. The van der Waals surface area contributed by atoms with Crippen LogP contribution in [-0.2, 0) is 9.47 Å². The van der Waals surface area contributed by atoms with Crippen molar-refractivity contribution >= 4 is 0 Å². The van der Waals surface area contributed by atoms with Crippen LogP contribution in [0.2, 0.25) is 0 Å².